The van der Waals surface area contributed by atoms with Crippen LogP contribution >= 0.6 is 0 Å². The van der Waals surface area contributed by atoms with E-state index < -0.39 is 7.27 Å². The third-order valence-corrected chi connectivity index (χ3v) is 0.556. The highest BCUT2D eigenvalue weighted by Gasteiger charge is 2.09. The summed E-state index contributed by atoms with van der Waals surface area (Å²) in [4.78, 5) is 0. The predicted molar refractivity (Wildman–Crippen MR) is 35.2 cm³/mol. The fourth-order valence-electron chi connectivity index (χ4n) is 0.271. The molecular formula is C6H9BF2. The van der Waals surface area contributed by atoms with Crippen LogP contribution in [0, 0.1) is 17.2 Å². The van der Waals surface area contributed by atoms with Gasteiger partial charge in [0.2, 0.25) is 0 Å². The van der Waals surface area contributed by atoms with Crippen molar-refractivity contribution in [1.29, 1.82) is 0 Å². The standard InChI is InChI=1S/C6H9BF2/c1-6(2,3)4-5-7(8)9/h1-3H3. The zero-order valence-electron chi connectivity index (χ0n) is 5.83. The van der Waals surface area contributed by atoms with E-state index in [0.717, 1.165) is 0 Å². The summed E-state index contributed by atoms with van der Waals surface area (Å²) in [7, 11) is -2.50. The van der Waals surface area contributed by atoms with E-state index in [4.69, 9.17) is 0 Å². The Morgan fingerprint density at radius 1 is 1.22 bits per heavy atom. The lowest BCUT2D eigenvalue weighted by molar-refractivity contribution is 0.570. The van der Waals surface area contributed by atoms with Crippen LogP contribution < -0.4 is 0 Å². The second-order valence-corrected chi connectivity index (χ2v) is 2.82. The summed E-state index contributed by atoms with van der Waals surface area (Å²) >= 11 is 0. The van der Waals surface area contributed by atoms with Crippen molar-refractivity contribution >= 4 is 7.27 Å². The van der Waals surface area contributed by atoms with Crippen molar-refractivity contribution in [3.63, 3.8) is 0 Å². The maximum atomic E-state index is 11.4. The summed E-state index contributed by atoms with van der Waals surface area (Å²) in [5.41, 5.74) is -0.309. The van der Waals surface area contributed by atoms with Crippen LogP contribution in [0.4, 0.5) is 8.63 Å². The molecule has 3 heteroatoms. The Bertz CT molecular complexity index is 135. The van der Waals surface area contributed by atoms with E-state index in [-0.39, 0.29) is 5.41 Å². The molecule has 0 aliphatic carbocycles. The van der Waals surface area contributed by atoms with Gasteiger partial charge in [-0.05, 0) is 20.8 Å². The molecule has 0 rings (SSSR count). The van der Waals surface area contributed by atoms with Crippen molar-refractivity contribution in [3.8, 4) is 11.7 Å². The lowest BCUT2D eigenvalue weighted by Gasteiger charge is -2.06. The molecule has 0 aliphatic rings. The molecule has 50 valence electrons. The quantitative estimate of drug-likeness (QED) is 0.347. The largest absolute Gasteiger partial charge is 0.627 e. The van der Waals surface area contributed by atoms with Gasteiger partial charge in [0.15, 0.2) is 0 Å². The average Bonchev–Trinajstić information content (AvgIpc) is 1.59. The molecule has 0 nitrogen and oxygen atoms in total. The molecule has 0 radical (unpaired) electrons. The average molecular weight is 130 g/mol. The summed E-state index contributed by atoms with van der Waals surface area (Å²) < 4.78 is 22.8. The van der Waals surface area contributed by atoms with Crippen molar-refractivity contribution < 1.29 is 8.63 Å². The number of rotatable bonds is 0. The van der Waals surface area contributed by atoms with Crippen LogP contribution in [0.25, 0.3) is 0 Å². The maximum absolute atomic E-state index is 11.4. The van der Waals surface area contributed by atoms with E-state index in [2.05, 4.69) is 5.92 Å². The Morgan fingerprint density at radius 2 is 1.67 bits per heavy atom. The Kier molecular flexibility index (Phi) is 2.70. The Hall–Kier alpha value is -0.515. The van der Waals surface area contributed by atoms with E-state index in [1.807, 2.05) is 0 Å². The first kappa shape index (κ1) is 8.48. The van der Waals surface area contributed by atoms with Crippen molar-refractivity contribution in [1.82, 2.24) is 0 Å². The summed E-state index contributed by atoms with van der Waals surface area (Å²) in [5, 5.41) is 0. The van der Waals surface area contributed by atoms with Crippen molar-refractivity contribution in [2.45, 2.75) is 20.8 Å². The third-order valence-electron chi connectivity index (χ3n) is 0.556. The van der Waals surface area contributed by atoms with Gasteiger partial charge in [0.25, 0.3) is 0 Å². The molecular weight excluding hydrogens is 121 g/mol. The SMILES string of the molecule is CC(C)(C)C#CB(F)F. The molecule has 0 N–H and O–H groups in total. The third kappa shape index (κ3) is 7.48. The van der Waals surface area contributed by atoms with Gasteiger partial charge in [-0.1, -0.05) is 5.82 Å². The minimum Gasteiger partial charge on any atom is -0.273 e. The molecule has 0 heterocycles. The van der Waals surface area contributed by atoms with Gasteiger partial charge in [-0.2, -0.15) is 0 Å². The Balaban J connectivity index is 3.88. The highest BCUT2D eigenvalue weighted by molar-refractivity contribution is 6.52. The summed E-state index contributed by atoms with van der Waals surface area (Å²) in [6.45, 7) is 5.38. The molecule has 0 aromatic heterocycles. The Labute approximate surface area is 54.8 Å². The summed E-state index contributed by atoms with van der Waals surface area (Å²) in [6, 6.07) is 0. The molecule has 0 spiro atoms. The predicted octanol–water partition coefficient (Wildman–Crippen LogP) is 2.00. The van der Waals surface area contributed by atoms with Crippen LogP contribution in [-0.4, -0.2) is 7.27 Å². The number of hydrogen-bond donors (Lipinski definition) is 0. The molecule has 0 saturated carbocycles. The fourth-order valence-corrected chi connectivity index (χ4v) is 0.271. The van der Waals surface area contributed by atoms with E-state index in [1.54, 1.807) is 26.6 Å². The van der Waals surface area contributed by atoms with Gasteiger partial charge in [0, 0.05) is 5.41 Å². The van der Waals surface area contributed by atoms with Crippen LogP contribution in [-0.2, 0) is 0 Å². The van der Waals surface area contributed by atoms with Gasteiger partial charge in [-0.15, -0.1) is 5.92 Å². The molecule has 0 fully saturated rings. The minimum atomic E-state index is -2.50. The molecule has 0 aromatic rings. The van der Waals surface area contributed by atoms with Crippen LogP contribution in [0.1, 0.15) is 20.8 Å². The van der Waals surface area contributed by atoms with Gasteiger partial charge in [-0.3, -0.25) is 8.63 Å². The van der Waals surface area contributed by atoms with E-state index in [1.165, 1.54) is 0 Å². The van der Waals surface area contributed by atoms with Gasteiger partial charge < -0.3 is 0 Å². The topological polar surface area (TPSA) is 0 Å². The van der Waals surface area contributed by atoms with Crippen LogP contribution in [0.5, 0.6) is 0 Å². The van der Waals surface area contributed by atoms with Crippen LogP contribution in [0.15, 0.2) is 0 Å². The highest BCUT2D eigenvalue weighted by Crippen LogP contribution is 2.09. The second kappa shape index (κ2) is 2.86. The van der Waals surface area contributed by atoms with Gasteiger partial charge in [0.1, 0.15) is 0 Å². The van der Waals surface area contributed by atoms with Crippen LogP contribution in [0.2, 0.25) is 0 Å². The molecule has 0 bridgehead atoms. The summed E-state index contributed by atoms with van der Waals surface area (Å²) in [6.07, 6.45) is 0. The lowest BCUT2D eigenvalue weighted by Crippen LogP contribution is -2.01. The van der Waals surface area contributed by atoms with E-state index >= 15 is 0 Å². The van der Waals surface area contributed by atoms with Gasteiger partial charge in [-0.25, -0.2) is 0 Å². The smallest absolute Gasteiger partial charge is 0.273 e. The molecule has 0 unspecified atom stereocenters. The normalized spacial score (nSPS) is 9.89. The van der Waals surface area contributed by atoms with Crippen molar-refractivity contribution in [3.05, 3.63) is 0 Å². The van der Waals surface area contributed by atoms with E-state index in [9.17, 15) is 8.63 Å². The monoisotopic (exact) mass is 130 g/mol. The fraction of sp³-hybridized carbons (Fsp3) is 0.667. The first-order valence-electron chi connectivity index (χ1n) is 2.73. The molecule has 9 heavy (non-hydrogen) atoms. The number of hydrogen-bond acceptors (Lipinski definition) is 0. The minimum absolute atomic E-state index is 0.309. The van der Waals surface area contributed by atoms with Gasteiger partial charge >= 0.3 is 7.27 Å². The van der Waals surface area contributed by atoms with Crippen LogP contribution in [0.3, 0.4) is 0 Å². The maximum Gasteiger partial charge on any atom is 0.627 e. The highest BCUT2D eigenvalue weighted by atomic mass is 19.2. The van der Waals surface area contributed by atoms with E-state index in [0.29, 0.717) is 0 Å². The first-order valence-corrected chi connectivity index (χ1v) is 2.73. The summed E-state index contributed by atoms with van der Waals surface area (Å²) in [5.74, 6) is 4.22. The first-order chi connectivity index (χ1) is 3.92. The van der Waals surface area contributed by atoms with Crippen molar-refractivity contribution in [2.75, 3.05) is 0 Å². The second-order valence-electron chi connectivity index (χ2n) is 2.82. The molecule has 0 atom stereocenters. The van der Waals surface area contributed by atoms with Gasteiger partial charge in [0.05, 0.1) is 0 Å². The number of halogens is 2. The van der Waals surface area contributed by atoms with Crippen molar-refractivity contribution in [2.24, 2.45) is 5.41 Å². The molecule has 0 amide bonds. The molecule has 0 aromatic carbocycles. The molecule has 0 saturated heterocycles. The zero-order valence-corrected chi connectivity index (χ0v) is 5.83. The Morgan fingerprint density at radius 3 is 1.78 bits per heavy atom. The molecule has 0 aliphatic heterocycles. The lowest BCUT2D eigenvalue weighted by atomic mass is 9.92. The zero-order chi connectivity index (χ0) is 7.49.